The predicted octanol–water partition coefficient (Wildman–Crippen LogP) is 1.48. The summed E-state index contributed by atoms with van der Waals surface area (Å²) >= 11 is 0. The van der Waals surface area contributed by atoms with Crippen molar-refractivity contribution >= 4 is 0 Å². The number of oxazole rings is 1. The number of hydrogen-bond donors (Lipinski definition) is 1. The first-order chi connectivity index (χ1) is 8.24. The van der Waals surface area contributed by atoms with Gasteiger partial charge in [-0.2, -0.15) is 0 Å². The van der Waals surface area contributed by atoms with E-state index in [-0.39, 0.29) is 0 Å². The van der Waals surface area contributed by atoms with E-state index in [0.29, 0.717) is 11.8 Å². The molecule has 4 nitrogen and oxygen atoms in total. The van der Waals surface area contributed by atoms with Crippen LogP contribution in [0.15, 0.2) is 4.42 Å². The van der Waals surface area contributed by atoms with Crippen molar-refractivity contribution in [1.82, 2.24) is 15.2 Å². The van der Waals surface area contributed by atoms with Crippen LogP contribution in [-0.2, 0) is 0 Å². The zero-order valence-corrected chi connectivity index (χ0v) is 10.7. The van der Waals surface area contributed by atoms with Crippen LogP contribution in [0.2, 0.25) is 0 Å². The van der Waals surface area contributed by atoms with E-state index in [1.165, 1.54) is 31.6 Å². The van der Waals surface area contributed by atoms with Gasteiger partial charge in [0.1, 0.15) is 5.76 Å². The second-order valence-corrected chi connectivity index (χ2v) is 5.43. The molecule has 0 saturated carbocycles. The van der Waals surface area contributed by atoms with Gasteiger partial charge in [0.2, 0.25) is 0 Å². The summed E-state index contributed by atoms with van der Waals surface area (Å²) in [6.07, 6.45) is 2.43. The zero-order valence-electron chi connectivity index (χ0n) is 10.7. The summed E-state index contributed by atoms with van der Waals surface area (Å²) in [5.41, 5.74) is 1.22. The maximum atomic E-state index is 5.83. The average Bonchev–Trinajstić information content (AvgIpc) is 2.59. The standard InChI is InChI=1S/C13H21N3O/c1-9-12(10-3-5-16(2)6-4-10)15-13(17-9)11-7-14-8-11/h10-11,14H,3-8H2,1-2H3. The van der Waals surface area contributed by atoms with Crippen molar-refractivity contribution < 1.29 is 4.42 Å². The molecule has 2 aliphatic heterocycles. The average molecular weight is 235 g/mol. The van der Waals surface area contributed by atoms with Crippen molar-refractivity contribution in [1.29, 1.82) is 0 Å². The van der Waals surface area contributed by atoms with Gasteiger partial charge in [-0.1, -0.05) is 0 Å². The third-order valence-electron chi connectivity index (χ3n) is 4.08. The van der Waals surface area contributed by atoms with Crippen LogP contribution in [0.3, 0.4) is 0 Å². The number of piperidine rings is 1. The Bertz CT molecular complexity index is 389. The van der Waals surface area contributed by atoms with Crippen molar-refractivity contribution in [3.8, 4) is 0 Å². The van der Waals surface area contributed by atoms with Crippen LogP contribution in [0.25, 0.3) is 0 Å². The maximum absolute atomic E-state index is 5.83. The highest BCUT2D eigenvalue weighted by Crippen LogP contribution is 2.31. The lowest BCUT2D eigenvalue weighted by Gasteiger charge is -2.28. The Hall–Kier alpha value is -0.870. The minimum atomic E-state index is 0.508. The minimum Gasteiger partial charge on any atom is -0.445 e. The molecule has 0 radical (unpaired) electrons. The SMILES string of the molecule is Cc1oc(C2CNC2)nc1C1CCN(C)CC1. The molecule has 2 saturated heterocycles. The van der Waals surface area contributed by atoms with Crippen molar-refractivity contribution in [3.05, 3.63) is 17.3 Å². The molecule has 2 fully saturated rings. The molecule has 0 bridgehead atoms. The number of hydrogen-bond acceptors (Lipinski definition) is 4. The summed E-state index contributed by atoms with van der Waals surface area (Å²) < 4.78 is 5.83. The lowest BCUT2D eigenvalue weighted by Crippen LogP contribution is -2.40. The van der Waals surface area contributed by atoms with E-state index in [4.69, 9.17) is 9.40 Å². The van der Waals surface area contributed by atoms with Gasteiger partial charge in [0, 0.05) is 19.0 Å². The highest BCUT2D eigenvalue weighted by molar-refractivity contribution is 5.17. The summed E-state index contributed by atoms with van der Waals surface area (Å²) in [7, 11) is 2.19. The minimum absolute atomic E-state index is 0.508. The highest BCUT2D eigenvalue weighted by atomic mass is 16.4. The Kier molecular flexibility index (Phi) is 2.92. The fourth-order valence-corrected chi connectivity index (χ4v) is 2.73. The Morgan fingerprint density at radius 1 is 1.24 bits per heavy atom. The van der Waals surface area contributed by atoms with Gasteiger partial charge in [-0.3, -0.25) is 0 Å². The van der Waals surface area contributed by atoms with E-state index in [1.54, 1.807) is 0 Å². The van der Waals surface area contributed by atoms with Crippen LogP contribution < -0.4 is 5.32 Å². The normalized spacial score (nSPS) is 23.9. The first-order valence-corrected chi connectivity index (χ1v) is 6.60. The molecule has 1 aromatic rings. The van der Waals surface area contributed by atoms with Gasteiger partial charge in [-0.15, -0.1) is 0 Å². The molecule has 3 rings (SSSR count). The van der Waals surface area contributed by atoms with Crippen LogP contribution in [0.4, 0.5) is 0 Å². The van der Waals surface area contributed by atoms with E-state index in [1.807, 2.05) is 0 Å². The molecule has 3 heterocycles. The molecule has 1 aromatic heterocycles. The van der Waals surface area contributed by atoms with Crippen LogP contribution in [-0.4, -0.2) is 43.1 Å². The fourth-order valence-electron chi connectivity index (χ4n) is 2.73. The molecule has 1 N–H and O–H groups in total. The first-order valence-electron chi connectivity index (χ1n) is 6.60. The van der Waals surface area contributed by atoms with E-state index in [9.17, 15) is 0 Å². The molecule has 0 spiro atoms. The first kappa shape index (κ1) is 11.2. The topological polar surface area (TPSA) is 41.3 Å². The summed E-state index contributed by atoms with van der Waals surface area (Å²) in [4.78, 5) is 7.15. The van der Waals surface area contributed by atoms with E-state index in [0.717, 1.165) is 24.7 Å². The lowest BCUT2D eigenvalue weighted by atomic mass is 9.93. The van der Waals surface area contributed by atoms with E-state index < -0.39 is 0 Å². The predicted molar refractivity (Wildman–Crippen MR) is 66.3 cm³/mol. The van der Waals surface area contributed by atoms with Crippen molar-refractivity contribution in [2.24, 2.45) is 0 Å². The number of aromatic nitrogens is 1. The van der Waals surface area contributed by atoms with Crippen LogP contribution in [0.5, 0.6) is 0 Å². The molecule has 0 aliphatic carbocycles. The Morgan fingerprint density at radius 3 is 2.53 bits per heavy atom. The Balaban J connectivity index is 1.75. The number of rotatable bonds is 2. The number of aryl methyl sites for hydroxylation is 1. The van der Waals surface area contributed by atoms with Gasteiger partial charge in [0.15, 0.2) is 5.89 Å². The highest BCUT2D eigenvalue weighted by Gasteiger charge is 2.28. The van der Waals surface area contributed by atoms with Crippen molar-refractivity contribution in [2.75, 3.05) is 33.2 Å². The number of nitrogens with zero attached hydrogens (tertiary/aromatic N) is 2. The largest absolute Gasteiger partial charge is 0.445 e. The molecule has 0 atom stereocenters. The summed E-state index contributed by atoms with van der Waals surface area (Å²) in [6.45, 7) is 6.46. The zero-order chi connectivity index (χ0) is 11.8. The summed E-state index contributed by atoms with van der Waals surface area (Å²) in [5, 5.41) is 3.27. The van der Waals surface area contributed by atoms with Gasteiger partial charge in [0.05, 0.1) is 11.6 Å². The lowest BCUT2D eigenvalue weighted by molar-refractivity contribution is 0.252. The molecular weight excluding hydrogens is 214 g/mol. The smallest absolute Gasteiger partial charge is 0.200 e. The molecule has 94 valence electrons. The molecule has 17 heavy (non-hydrogen) atoms. The quantitative estimate of drug-likeness (QED) is 0.843. The maximum Gasteiger partial charge on any atom is 0.200 e. The van der Waals surface area contributed by atoms with Crippen LogP contribution in [0, 0.1) is 6.92 Å². The number of nitrogens with one attached hydrogen (secondary N) is 1. The van der Waals surface area contributed by atoms with Crippen LogP contribution >= 0.6 is 0 Å². The molecule has 0 aromatic carbocycles. The van der Waals surface area contributed by atoms with Crippen molar-refractivity contribution in [3.63, 3.8) is 0 Å². The Labute approximate surface area is 102 Å². The van der Waals surface area contributed by atoms with Crippen molar-refractivity contribution in [2.45, 2.75) is 31.6 Å². The third kappa shape index (κ3) is 2.11. The summed E-state index contributed by atoms with van der Waals surface area (Å²) in [6, 6.07) is 0. The molecule has 2 aliphatic rings. The van der Waals surface area contributed by atoms with Gasteiger partial charge in [-0.05, 0) is 39.9 Å². The molecule has 0 amide bonds. The monoisotopic (exact) mass is 235 g/mol. The van der Waals surface area contributed by atoms with Gasteiger partial charge >= 0.3 is 0 Å². The number of likely N-dealkylation sites (tertiary alicyclic amines) is 1. The molecule has 4 heteroatoms. The molecule has 0 unspecified atom stereocenters. The van der Waals surface area contributed by atoms with Gasteiger partial charge < -0.3 is 14.6 Å². The molecular formula is C13H21N3O. The van der Waals surface area contributed by atoms with E-state index in [2.05, 4.69) is 24.2 Å². The second kappa shape index (κ2) is 4.42. The Morgan fingerprint density at radius 2 is 1.94 bits per heavy atom. The third-order valence-corrected chi connectivity index (χ3v) is 4.08. The summed E-state index contributed by atoms with van der Waals surface area (Å²) in [5.74, 6) is 3.11. The van der Waals surface area contributed by atoms with Gasteiger partial charge in [-0.25, -0.2) is 4.98 Å². The van der Waals surface area contributed by atoms with E-state index >= 15 is 0 Å². The fraction of sp³-hybridized carbons (Fsp3) is 0.769. The van der Waals surface area contributed by atoms with Crippen LogP contribution in [0.1, 0.15) is 42.0 Å². The van der Waals surface area contributed by atoms with Gasteiger partial charge in [0.25, 0.3) is 0 Å². The second-order valence-electron chi connectivity index (χ2n) is 5.43.